The summed E-state index contributed by atoms with van der Waals surface area (Å²) in [5.74, 6) is 0.265. The molecule has 0 unspecified atom stereocenters. The molecule has 0 aliphatic heterocycles. The number of aromatic nitrogens is 3. The standard InChI is InChI=1S/C18H24N4O4S/c1-4-22-15(13-7-9-14(23)10-8-13)19-17(21-22)20-16(24)18(2,3)27(25,26)11-12-5-6-12/h7-10,12,23H,4-6,11H2,1-3H3,(H,20,21,24). The number of rotatable bonds is 7. The lowest BCUT2D eigenvalue weighted by molar-refractivity contribution is -0.117. The number of nitrogens with zero attached hydrogens (tertiary/aromatic N) is 3. The Balaban J connectivity index is 1.82. The van der Waals surface area contributed by atoms with Gasteiger partial charge >= 0.3 is 0 Å². The van der Waals surface area contributed by atoms with Gasteiger partial charge in [0.2, 0.25) is 11.9 Å². The molecule has 0 saturated heterocycles. The molecule has 3 rings (SSSR count). The van der Waals surface area contributed by atoms with Gasteiger partial charge in [0.1, 0.15) is 10.5 Å². The topological polar surface area (TPSA) is 114 Å². The summed E-state index contributed by atoms with van der Waals surface area (Å²) in [6.45, 7) is 5.23. The van der Waals surface area contributed by atoms with Crippen molar-refractivity contribution in [2.24, 2.45) is 5.92 Å². The number of nitrogens with one attached hydrogen (secondary N) is 1. The van der Waals surface area contributed by atoms with Crippen molar-refractivity contribution in [3.8, 4) is 17.1 Å². The normalized spacial score (nSPS) is 14.9. The summed E-state index contributed by atoms with van der Waals surface area (Å²) < 4.78 is 25.2. The van der Waals surface area contributed by atoms with Gasteiger partial charge in [-0.25, -0.2) is 13.1 Å². The van der Waals surface area contributed by atoms with Crippen molar-refractivity contribution in [1.82, 2.24) is 14.8 Å². The zero-order chi connectivity index (χ0) is 19.8. The summed E-state index contributed by atoms with van der Waals surface area (Å²) in [6, 6.07) is 6.47. The highest BCUT2D eigenvalue weighted by atomic mass is 32.2. The first-order valence-corrected chi connectivity index (χ1v) is 10.6. The molecule has 8 nitrogen and oxygen atoms in total. The van der Waals surface area contributed by atoms with Crippen LogP contribution in [0.1, 0.15) is 33.6 Å². The molecule has 1 aliphatic carbocycles. The molecule has 0 spiro atoms. The lowest BCUT2D eigenvalue weighted by Gasteiger charge is -2.22. The number of phenolic OH excluding ortho intramolecular Hbond substituents is 1. The number of carbonyl (C=O) groups is 1. The lowest BCUT2D eigenvalue weighted by Crippen LogP contribution is -2.46. The highest BCUT2D eigenvalue weighted by Gasteiger charge is 2.44. The molecule has 1 heterocycles. The number of aryl methyl sites for hydroxylation is 1. The van der Waals surface area contributed by atoms with Gasteiger partial charge in [0.15, 0.2) is 15.7 Å². The van der Waals surface area contributed by atoms with Crippen molar-refractivity contribution in [2.75, 3.05) is 11.1 Å². The van der Waals surface area contributed by atoms with Crippen LogP contribution in [0.2, 0.25) is 0 Å². The molecule has 1 amide bonds. The van der Waals surface area contributed by atoms with Crippen LogP contribution >= 0.6 is 0 Å². The van der Waals surface area contributed by atoms with Crippen LogP contribution in [0.3, 0.4) is 0 Å². The molecule has 1 aromatic heterocycles. The summed E-state index contributed by atoms with van der Waals surface area (Å²) in [5, 5.41) is 16.2. The fourth-order valence-electron chi connectivity index (χ4n) is 2.64. The van der Waals surface area contributed by atoms with Crippen LogP contribution in [0.25, 0.3) is 11.4 Å². The number of hydrogen-bond donors (Lipinski definition) is 2. The minimum atomic E-state index is -3.58. The molecule has 27 heavy (non-hydrogen) atoms. The summed E-state index contributed by atoms with van der Waals surface area (Å²) >= 11 is 0. The number of anilines is 1. The van der Waals surface area contributed by atoms with Crippen molar-refractivity contribution in [3.05, 3.63) is 24.3 Å². The van der Waals surface area contributed by atoms with Gasteiger partial charge in [-0.05, 0) is 63.8 Å². The fraction of sp³-hybridized carbons (Fsp3) is 0.500. The van der Waals surface area contributed by atoms with E-state index in [-0.39, 0.29) is 23.4 Å². The van der Waals surface area contributed by atoms with Crippen LogP contribution in [0, 0.1) is 5.92 Å². The fourth-order valence-corrected chi connectivity index (χ4v) is 4.34. The first-order chi connectivity index (χ1) is 12.6. The number of benzene rings is 1. The number of amides is 1. The second-order valence-electron chi connectivity index (χ2n) is 7.31. The molecule has 0 bridgehead atoms. The summed E-state index contributed by atoms with van der Waals surface area (Å²) in [4.78, 5) is 17.0. The molecule has 2 N–H and O–H groups in total. The summed E-state index contributed by atoms with van der Waals surface area (Å²) in [7, 11) is -3.58. The molecular formula is C18H24N4O4S. The van der Waals surface area contributed by atoms with Gasteiger partial charge < -0.3 is 5.11 Å². The first-order valence-electron chi connectivity index (χ1n) is 8.92. The van der Waals surface area contributed by atoms with Crippen LogP contribution in [-0.2, 0) is 21.2 Å². The Kier molecular flexibility index (Phi) is 4.98. The molecule has 146 valence electrons. The third-order valence-electron chi connectivity index (χ3n) is 4.80. The van der Waals surface area contributed by atoms with Crippen LogP contribution in [0.15, 0.2) is 24.3 Å². The zero-order valence-corrected chi connectivity index (χ0v) is 16.5. The first kappa shape index (κ1) is 19.3. The molecule has 9 heteroatoms. The maximum atomic E-state index is 12.7. The van der Waals surface area contributed by atoms with Gasteiger partial charge in [0.05, 0.1) is 5.75 Å². The quantitative estimate of drug-likeness (QED) is 0.747. The predicted molar refractivity (Wildman–Crippen MR) is 102 cm³/mol. The van der Waals surface area contributed by atoms with Crippen LogP contribution < -0.4 is 5.32 Å². The van der Waals surface area contributed by atoms with E-state index in [0.29, 0.717) is 12.4 Å². The molecule has 0 atom stereocenters. The van der Waals surface area contributed by atoms with E-state index in [0.717, 1.165) is 18.4 Å². The van der Waals surface area contributed by atoms with Gasteiger partial charge in [-0.15, -0.1) is 5.10 Å². The Morgan fingerprint density at radius 2 is 1.93 bits per heavy atom. The van der Waals surface area contributed by atoms with Gasteiger partial charge in [-0.2, -0.15) is 4.98 Å². The van der Waals surface area contributed by atoms with Crippen LogP contribution in [-0.4, -0.2) is 44.7 Å². The molecule has 1 saturated carbocycles. The smallest absolute Gasteiger partial charge is 0.249 e. The third kappa shape index (κ3) is 3.97. The zero-order valence-electron chi connectivity index (χ0n) is 15.6. The number of phenols is 1. The molecule has 1 fully saturated rings. The van der Waals surface area contributed by atoms with E-state index in [1.807, 2.05) is 6.92 Å². The maximum absolute atomic E-state index is 12.7. The third-order valence-corrected chi connectivity index (χ3v) is 7.45. The molecular weight excluding hydrogens is 368 g/mol. The SMILES string of the molecule is CCn1nc(NC(=O)C(C)(C)S(=O)(=O)CC2CC2)nc1-c1ccc(O)cc1. The van der Waals surface area contributed by atoms with Crippen molar-refractivity contribution in [3.63, 3.8) is 0 Å². The minimum absolute atomic E-state index is 0.0308. The number of aromatic hydroxyl groups is 1. The molecule has 1 aliphatic rings. The second kappa shape index (κ2) is 6.95. The number of sulfone groups is 1. The van der Waals surface area contributed by atoms with E-state index in [2.05, 4.69) is 15.4 Å². The Morgan fingerprint density at radius 3 is 2.48 bits per heavy atom. The van der Waals surface area contributed by atoms with E-state index in [4.69, 9.17) is 0 Å². The largest absolute Gasteiger partial charge is 0.508 e. The Morgan fingerprint density at radius 1 is 1.30 bits per heavy atom. The van der Waals surface area contributed by atoms with E-state index in [1.54, 1.807) is 16.8 Å². The number of hydrogen-bond acceptors (Lipinski definition) is 6. The van der Waals surface area contributed by atoms with Crippen LogP contribution in [0.4, 0.5) is 5.95 Å². The van der Waals surface area contributed by atoms with Crippen molar-refractivity contribution >= 4 is 21.7 Å². The Labute approximate surface area is 158 Å². The average molecular weight is 392 g/mol. The molecule has 2 aromatic rings. The van der Waals surface area contributed by atoms with E-state index < -0.39 is 20.5 Å². The van der Waals surface area contributed by atoms with Gasteiger partial charge in [0.25, 0.3) is 0 Å². The minimum Gasteiger partial charge on any atom is -0.508 e. The average Bonchev–Trinajstić information content (AvgIpc) is 3.31. The van der Waals surface area contributed by atoms with Crippen molar-refractivity contribution < 1.29 is 18.3 Å². The number of carbonyl (C=O) groups excluding carboxylic acids is 1. The Hall–Kier alpha value is -2.42. The monoisotopic (exact) mass is 392 g/mol. The van der Waals surface area contributed by atoms with Gasteiger partial charge in [-0.1, -0.05) is 0 Å². The van der Waals surface area contributed by atoms with Gasteiger partial charge in [0, 0.05) is 12.1 Å². The van der Waals surface area contributed by atoms with E-state index in [9.17, 15) is 18.3 Å². The summed E-state index contributed by atoms with van der Waals surface area (Å²) in [5.41, 5.74) is 0.725. The van der Waals surface area contributed by atoms with Crippen LogP contribution in [0.5, 0.6) is 5.75 Å². The molecule has 0 radical (unpaired) electrons. The van der Waals surface area contributed by atoms with Crippen molar-refractivity contribution in [1.29, 1.82) is 0 Å². The highest BCUT2D eigenvalue weighted by Crippen LogP contribution is 2.34. The lowest BCUT2D eigenvalue weighted by atomic mass is 10.2. The van der Waals surface area contributed by atoms with Gasteiger partial charge in [-0.3, -0.25) is 10.1 Å². The second-order valence-corrected chi connectivity index (χ2v) is 9.89. The van der Waals surface area contributed by atoms with E-state index in [1.165, 1.54) is 26.0 Å². The predicted octanol–water partition coefficient (Wildman–Crippen LogP) is 2.21. The Bertz CT molecular complexity index is 944. The maximum Gasteiger partial charge on any atom is 0.249 e. The summed E-state index contributed by atoms with van der Waals surface area (Å²) in [6.07, 6.45) is 1.80. The van der Waals surface area contributed by atoms with Crippen molar-refractivity contribution in [2.45, 2.75) is 44.9 Å². The van der Waals surface area contributed by atoms with E-state index >= 15 is 0 Å². The highest BCUT2D eigenvalue weighted by molar-refractivity contribution is 7.93. The molecule has 1 aromatic carbocycles.